The van der Waals surface area contributed by atoms with Gasteiger partial charge in [-0.25, -0.2) is 4.79 Å². The number of rotatable bonds is 5. The molecule has 0 bridgehead atoms. The second-order valence-corrected chi connectivity index (χ2v) is 6.07. The van der Waals surface area contributed by atoms with Gasteiger partial charge in [0, 0.05) is 19.2 Å². The zero-order valence-electron chi connectivity index (χ0n) is 14.0. The average molecular weight is 330 g/mol. The summed E-state index contributed by atoms with van der Waals surface area (Å²) in [6.45, 7) is 0. The molecule has 128 valence electrons. The third-order valence-electron chi connectivity index (χ3n) is 4.54. The molecule has 0 atom stereocenters. The van der Waals surface area contributed by atoms with E-state index in [0.29, 0.717) is 23.3 Å². The number of methoxy groups -OCH3 is 1. The molecule has 1 aromatic carbocycles. The highest BCUT2D eigenvalue weighted by atomic mass is 16.5. The summed E-state index contributed by atoms with van der Waals surface area (Å²) >= 11 is 0. The topological polar surface area (TPSA) is 80.5 Å². The van der Waals surface area contributed by atoms with E-state index in [4.69, 9.17) is 4.74 Å². The highest BCUT2D eigenvalue weighted by Gasteiger charge is 2.27. The first kappa shape index (κ1) is 16.3. The maximum absolute atomic E-state index is 11.6. The molecule has 0 saturated heterocycles. The van der Waals surface area contributed by atoms with Crippen LogP contribution in [0.15, 0.2) is 24.3 Å². The Balaban J connectivity index is 1.96. The molecule has 3 rings (SSSR count). The van der Waals surface area contributed by atoms with E-state index in [1.54, 1.807) is 13.2 Å². The Morgan fingerprint density at radius 2 is 2.04 bits per heavy atom. The van der Waals surface area contributed by atoms with E-state index in [1.165, 1.54) is 24.1 Å². The number of nitrogens with zero attached hydrogens (tertiary/aromatic N) is 4. The molecule has 1 aliphatic carbocycles. The van der Waals surface area contributed by atoms with Crippen molar-refractivity contribution < 1.29 is 14.6 Å². The molecule has 1 aromatic heterocycles. The third-order valence-corrected chi connectivity index (χ3v) is 4.54. The Hall–Kier alpha value is -2.57. The van der Waals surface area contributed by atoms with Gasteiger partial charge in [0.15, 0.2) is 5.82 Å². The number of carboxylic acid groups (broad SMARTS) is 1. The number of benzene rings is 1. The van der Waals surface area contributed by atoms with Crippen molar-refractivity contribution >= 4 is 11.8 Å². The minimum Gasteiger partial charge on any atom is -0.497 e. The van der Waals surface area contributed by atoms with Gasteiger partial charge in [0.2, 0.25) is 5.69 Å². The van der Waals surface area contributed by atoms with E-state index in [-0.39, 0.29) is 5.69 Å². The average Bonchev–Trinajstić information content (AvgIpc) is 3.07. The van der Waals surface area contributed by atoms with Crippen LogP contribution in [0.3, 0.4) is 0 Å². The number of carboxylic acids is 1. The maximum Gasteiger partial charge on any atom is 0.360 e. The second kappa shape index (κ2) is 6.90. The van der Waals surface area contributed by atoms with Crippen molar-refractivity contribution in [2.45, 2.75) is 38.1 Å². The smallest absolute Gasteiger partial charge is 0.360 e. The number of aromatic carboxylic acids is 1. The summed E-state index contributed by atoms with van der Waals surface area (Å²) in [5.41, 5.74) is 0.644. The number of hydrogen-bond acceptors (Lipinski definition) is 5. The first-order chi connectivity index (χ1) is 11.6. The van der Waals surface area contributed by atoms with Gasteiger partial charge in [0.05, 0.1) is 12.8 Å². The Labute approximate surface area is 140 Å². The fourth-order valence-corrected chi connectivity index (χ4v) is 3.17. The highest BCUT2D eigenvalue weighted by molar-refractivity contribution is 5.91. The lowest BCUT2D eigenvalue weighted by atomic mass is 9.94. The zero-order chi connectivity index (χ0) is 17.1. The predicted octanol–water partition coefficient (Wildman–Crippen LogP) is 2.74. The Morgan fingerprint density at radius 1 is 1.29 bits per heavy atom. The second-order valence-electron chi connectivity index (χ2n) is 6.07. The minimum atomic E-state index is -1.07. The summed E-state index contributed by atoms with van der Waals surface area (Å²) in [5.74, 6) is 0.0166. The van der Waals surface area contributed by atoms with E-state index in [9.17, 15) is 9.90 Å². The number of carbonyl (C=O) groups is 1. The first-order valence-corrected chi connectivity index (χ1v) is 8.18. The van der Waals surface area contributed by atoms with Gasteiger partial charge in [-0.05, 0) is 25.0 Å². The van der Waals surface area contributed by atoms with Gasteiger partial charge < -0.3 is 14.7 Å². The summed E-state index contributed by atoms with van der Waals surface area (Å²) in [6, 6.07) is 7.55. The SMILES string of the molecule is COc1cccc(-n2nc(C(=O)O)c(N(C)C3CCCCC3)n2)c1. The molecule has 1 saturated carbocycles. The van der Waals surface area contributed by atoms with Gasteiger partial charge in [-0.15, -0.1) is 15.0 Å². The molecule has 0 aliphatic heterocycles. The van der Waals surface area contributed by atoms with E-state index >= 15 is 0 Å². The molecular formula is C17H22N4O3. The third kappa shape index (κ3) is 3.20. The molecule has 0 unspecified atom stereocenters. The van der Waals surface area contributed by atoms with Crippen LogP contribution < -0.4 is 9.64 Å². The van der Waals surface area contributed by atoms with Crippen molar-refractivity contribution in [3.63, 3.8) is 0 Å². The molecule has 24 heavy (non-hydrogen) atoms. The van der Waals surface area contributed by atoms with Crippen molar-refractivity contribution in [1.82, 2.24) is 15.0 Å². The number of ether oxygens (including phenoxy) is 1. The molecule has 7 heteroatoms. The van der Waals surface area contributed by atoms with Crippen LogP contribution in [0.2, 0.25) is 0 Å². The zero-order valence-corrected chi connectivity index (χ0v) is 14.0. The van der Waals surface area contributed by atoms with Crippen molar-refractivity contribution in [3.8, 4) is 11.4 Å². The first-order valence-electron chi connectivity index (χ1n) is 8.18. The normalized spacial score (nSPS) is 15.2. The van der Waals surface area contributed by atoms with E-state index in [0.717, 1.165) is 12.8 Å². The van der Waals surface area contributed by atoms with Crippen LogP contribution in [-0.4, -0.2) is 46.3 Å². The fourth-order valence-electron chi connectivity index (χ4n) is 3.17. The van der Waals surface area contributed by atoms with Gasteiger partial charge in [-0.3, -0.25) is 0 Å². The summed E-state index contributed by atoms with van der Waals surface area (Å²) in [6.07, 6.45) is 5.69. The quantitative estimate of drug-likeness (QED) is 0.908. The maximum atomic E-state index is 11.6. The summed E-state index contributed by atoms with van der Waals surface area (Å²) in [4.78, 5) is 14.9. The molecule has 1 N–H and O–H groups in total. The lowest BCUT2D eigenvalue weighted by molar-refractivity contribution is 0.0690. The van der Waals surface area contributed by atoms with Gasteiger partial charge >= 0.3 is 5.97 Å². The minimum absolute atomic E-state index is 0.0223. The van der Waals surface area contributed by atoms with Crippen LogP contribution in [0.4, 0.5) is 5.82 Å². The Bertz CT molecular complexity index is 722. The van der Waals surface area contributed by atoms with Crippen molar-refractivity contribution in [2.24, 2.45) is 0 Å². The van der Waals surface area contributed by atoms with E-state index in [1.807, 2.05) is 30.1 Å². The van der Waals surface area contributed by atoms with Gasteiger partial charge in [0.1, 0.15) is 5.75 Å². The lowest BCUT2D eigenvalue weighted by Gasteiger charge is -2.31. The predicted molar refractivity (Wildman–Crippen MR) is 90.1 cm³/mol. The van der Waals surface area contributed by atoms with Crippen LogP contribution in [-0.2, 0) is 0 Å². The molecule has 0 spiro atoms. The van der Waals surface area contributed by atoms with Gasteiger partial charge in [0.25, 0.3) is 0 Å². The monoisotopic (exact) mass is 330 g/mol. The highest BCUT2D eigenvalue weighted by Crippen LogP contribution is 2.27. The van der Waals surface area contributed by atoms with Crippen molar-refractivity contribution in [3.05, 3.63) is 30.0 Å². The molecule has 7 nitrogen and oxygen atoms in total. The summed E-state index contributed by atoms with van der Waals surface area (Å²) < 4.78 is 5.21. The molecule has 2 aromatic rings. The largest absolute Gasteiger partial charge is 0.497 e. The van der Waals surface area contributed by atoms with E-state index in [2.05, 4.69) is 10.2 Å². The number of aromatic nitrogens is 3. The van der Waals surface area contributed by atoms with Crippen LogP contribution in [0, 0.1) is 0 Å². The van der Waals surface area contributed by atoms with Crippen LogP contribution >= 0.6 is 0 Å². The molecule has 1 fully saturated rings. The van der Waals surface area contributed by atoms with Crippen molar-refractivity contribution in [1.29, 1.82) is 0 Å². The van der Waals surface area contributed by atoms with Crippen LogP contribution in [0.25, 0.3) is 5.69 Å². The molecule has 1 aliphatic rings. The lowest BCUT2D eigenvalue weighted by Crippen LogP contribution is -2.34. The summed E-state index contributed by atoms with van der Waals surface area (Å²) in [7, 11) is 3.49. The van der Waals surface area contributed by atoms with Gasteiger partial charge in [-0.1, -0.05) is 25.3 Å². The standard InChI is InChI=1S/C17H22N4O3/c1-20(12-7-4-3-5-8-12)16-15(17(22)23)18-21(19-16)13-9-6-10-14(11-13)24-2/h6,9-12H,3-5,7-8H2,1-2H3,(H,22,23). The molecule has 1 heterocycles. The van der Waals surface area contributed by atoms with E-state index < -0.39 is 5.97 Å². The molecule has 0 radical (unpaired) electrons. The Morgan fingerprint density at radius 3 is 2.71 bits per heavy atom. The fraction of sp³-hybridized carbons (Fsp3) is 0.471. The van der Waals surface area contributed by atoms with Crippen LogP contribution in [0.5, 0.6) is 5.75 Å². The number of hydrogen-bond donors (Lipinski definition) is 1. The molecule has 0 amide bonds. The molecular weight excluding hydrogens is 308 g/mol. The Kier molecular flexibility index (Phi) is 4.69. The van der Waals surface area contributed by atoms with Crippen LogP contribution in [0.1, 0.15) is 42.6 Å². The van der Waals surface area contributed by atoms with Gasteiger partial charge in [-0.2, -0.15) is 0 Å². The number of anilines is 1. The van der Waals surface area contributed by atoms with Crippen molar-refractivity contribution in [2.75, 3.05) is 19.1 Å². The summed E-state index contributed by atoms with van der Waals surface area (Å²) in [5, 5.41) is 18.1.